The van der Waals surface area contributed by atoms with Gasteiger partial charge in [-0.1, -0.05) is 17.7 Å². The van der Waals surface area contributed by atoms with Crippen molar-refractivity contribution in [1.29, 1.82) is 0 Å². The third-order valence-corrected chi connectivity index (χ3v) is 4.82. The average molecular weight is 295 g/mol. The minimum atomic E-state index is -2.92. The third-order valence-electron chi connectivity index (χ3n) is 3.74. The summed E-state index contributed by atoms with van der Waals surface area (Å²) in [5.74, 6) is 0.467. The van der Waals surface area contributed by atoms with Crippen molar-refractivity contribution in [2.75, 3.05) is 25.1 Å². The molecule has 0 radical (unpaired) electrons. The lowest BCUT2D eigenvalue weighted by atomic mass is 9.98. The van der Waals surface area contributed by atoms with Crippen molar-refractivity contribution in [3.63, 3.8) is 0 Å². The molecule has 110 valence electrons. The van der Waals surface area contributed by atoms with E-state index in [9.17, 15) is 13.2 Å². The highest BCUT2D eigenvalue weighted by molar-refractivity contribution is 7.90. The van der Waals surface area contributed by atoms with Crippen molar-refractivity contribution in [3.8, 4) is 0 Å². The van der Waals surface area contributed by atoms with E-state index in [0.717, 1.165) is 18.4 Å². The van der Waals surface area contributed by atoms with Gasteiger partial charge < -0.3 is 4.90 Å². The minimum Gasteiger partial charge on any atom is -0.339 e. The van der Waals surface area contributed by atoms with Crippen LogP contribution in [0.15, 0.2) is 24.3 Å². The van der Waals surface area contributed by atoms with E-state index in [4.69, 9.17) is 0 Å². The second kappa shape index (κ2) is 5.95. The van der Waals surface area contributed by atoms with Gasteiger partial charge in [0.1, 0.15) is 9.84 Å². The van der Waals surface area contributed by atoms with Gasteiger partial charge in [-0.15, -0.1) is 0 Å². The van der Waals surface area contributed by atoms with Crippen LogP contribution < -0.4 is 0 Å². The van der Waals surface area contributed by atoms with Crippen LogP contribution in [0.25, 0.3) is 0 Å². The van der Waals surface area contributed by atoms with Gasteiger partial charge in [0, 0.05) is 24.9 Å². The number of piperidine rings is 1. The smallest absolute Gasteiger partial charge is 0.253 e. The van der Waals surface area contributed by atoms with Crippen LogP contribution in [-0.2, 0) is 9.84 Å². The molecule has 5 heteroatoms. The Morgan fingerprint density at radius 2 is 1.75 bits per heavy atom. The van der Waals surface area contributed by atoms with Gasteiger partial charge in [0.05, 0.1) is 5.75 Å². The second-order valence-electron chi connectivity index (χ2n) is 5.69. The molecule has 1 aromatic rings. The molecule has 1 aliphatic rings. The Balaban J connectivity index is 1.93. The molecule has 1 fully saturated rings. The zero-order valence-electron chi connectivity index (χ0n) is 12.0. The zero-order chi connectivity index (χ0) is 14.8. The summed E-state index contributed by atoms with van der Waals surface area (Å²) in [6, 6.07) is 7.56. The van der Waals surface area contributed by atoms with Crippen molar-refractivity contribution in [1.82, 2.24) is 4.90 Å². The first-order valence-corrected chi connectivity index (χ1v) is 8.95. The SMILES string of the molecule is Cc1ccc(C(=O)N2CCC(CS(C)(=O)=O)CC2)cc1. The number of nitrogens with zero attached hydrogens (tertiary/aromatic N) is 1. The molecular weight excluding hydrogens is 274 g/mol. The van der Waals surface area contributed by atoms with Crippen molar-refractivity contribution in [2.45, 2.75) is 19.8 Å². The topological polar surface area (TPSA) is 54.5 Å². The number of aryl methyl sites for hydroxylation is 1. The standard InChI is InChI=1S/C15H21NO3S/c1-12-3-5-14(6-4-12)15(17)16-9-7-13(8-10-16)11-20(2,18)19/h3-6,13H,7-11H2,1-2H3. The van der Waals surface area contributed by atoms with Crippen LogP contribution in [0.3, 0.4) is 0 Å². The van der Waals surface area contributed by atoms with Crippen LogP contribution >= 0.6 is 0 Å². The zero-order valence-corrected chi connectivity index (χ0v) is 12.8. The summed E-state index contributed by atoms with van der Waals surface area (Å²) in [5, 5.41) is 0. The quantitative estimate of drug-likeness (QED) is 0.855. The van der Waals surface area contributed by atoms with Crippen LogP contribution in [0.4, 0.5) is 0 Å². The van der Waals surface area contributed by atoms with E-state index >= 15 is 0 Å². The molecule has 1 saturated heterocycles. The summed E-state index contributed by atoms with van der Waals surface area (Å²) in [4.78, 5) is 14.1. The van der Waals surface area contributed by atoms with E-state index in [1.807, 2.05) is 36.1 Å². The van der Waals surface area contributed by atoms with E-state index in [-0.39, 0.29) is 17.6 Å². The van der Waals surface area contributed by atoms with E-state index in [2.05, 4.69) is 0 Å². The number of likely N-dealkylation sites (tertiary alicyclic amines) is 1. The van der Waals surface area contributed by atoms with Crippen molar-refractivity contribution >= 4 is 15.7 Å². The Morgan fingerprint density at radius 1 is 1.20 bits per heavy atom. The number of amides is 1. The van der Waals surface area contributed by atoms with E-state index in [0.29, 0.717) is 18.7 Å². The molecule has 0 N–H and O–H groups in total. The van der Waals surface area contributed by atoms with Gasteiger partial charge in [0.25, 0.3) is 5.91 Å². The molecule has 0 aromatic heterocycles. The number of sulfone groups is 1. The number of carbonyl (C=O) groups is 1. The molecular formula is C15H21NO3S. The maximum absolute atomic E-state index is 12.3. The normalized spacial score (nSPS) is 17.2. The molecule has 2 rings (SSSR count). The molecule has 0 saturated carbocycles. The second-order valence-corrected chi connectivity index (χ2v) is 7.88. The largest absolute Gasteiger partial charge is 0.339 e. The van der Waals surface area contributed by atoms with Gasteiger partial charge in [-0.05, 0) is 37.8 Å². The first kappa shape index (κ1) is 15.0. The van der Waals surface area contributed by atoms with Crippen molar-refractivity contribution < 1.29 is 13.2 Å². The van der Waals surface area contributed by atoms with Gasteiger partial charge in [-0.2, -0.15) is 0 Å². The number of hydrogen-bond acceptors (Lipinski definition) is 3. The fraction of sp³-hybridized carbons (Fsp3) is 0.533. The molecule has 0 aliphatic carbocycles. The Kier molecular flexibility index (Phi) is 4.48. The summed E-state index contributed by atoms with van der Waals surface area (Å²) in [5.41, 5.74) is 1.84. The fourth-order valence-electron chi connectivity index (χ4n) is 2.61. The Bertz CT molecular complexity index is 570. The highest BCUT2D eigenvalue weighted by Crippen LogP contribution is 2.20. The maximum Gasteiger partial charge on any atom is 0.253 e. The van der Waals surface area contributed by atoms with Crippen LogP contribution in [0.5, 0.6) is 0 Å². The first-order chi connectivity index (χ1) is 9.35. The van der Waals surface area contributed by atoms with Gasteiger partial charge >= 0.3 is 0 Å². The van der Waals surface area contributed by atoms with Gasteiger partial charge in [-0.3, -0.25) is 4.79 Å². The molecule has 0 atom stereocenters. The number of rotatable bonds is 3. The number of benzene rings is 1. The van der Waals surface area contributed by atoms with Crippen molar-refractivity contribution in [3.05, 3.63) is 35.4 Å². The highest BCUT2D eigenvalue weighted by atomic mass is 32.2. The minimum absolute atomic E-state index is 0.0443. The summed E-state index contributed by atoms with van der Waals surface area (Å²) >= 11 is 0. The van der Waals surface area contributed by atoms with Gasteiger partial charge in [-0.25, -0.2) is 8.42 Å². The maximum atomic E-state index is 12.3. The lowest BCUT2D eigenvalue weighted by Gasteiger charge is -2.31. The van der Waals surface area contributed by atoms with E-state index < -0.39 is 9.84 Å². The fourth-order valence-corrected chi connectivity index (χ4v) is 3.80. The van der Waals surface area contributed by atoms with Crippen LogP contribution in [0.2, 0.25) is 0 Å². The van der Waals surface area contributed by atoms with Crippen LogP contribution in [0, 0.1) is 12.8 Å². The number of hydrogen-bond donors (Lipinski definition) is 0. The summed E-state index contributed by atoms with van der Waals surface area (Å²) in [6.45, 7) is 3.28. The van der Waals surface area contributed by atoms with Gasteiger partial charge in [0.15, 0.2) is 0 Å². The molecule has 0 spiro atoms. The Labute approximate surface area is 120 Å². The Morgan fingerprint density at radius 3 is 2.25 bits per heavy atom. The van der Waals surface area contributed by atoms with E-state index in [1.54, 1.807) is 0 Å². The highest BCUT2D eigenvalue weighted by Gasteiger charge is 2.25. The van der Waals surface area contributed by atoms with Gasteiger partial charge in [0.2, 0.25) is 0 Å². The molecule has 0 unspecified atom stereocenters. The molecule has 4 nitrogen and oxygen atoms in total. The molecule has 1 heterocycles. The summed E-state index contributed by atoms with van der Waals surface area (Å²) < 4.78 is 22.6. The Hall–Kier alpha value is -1.36. The van der Waals surface area contributed by atoms with Crippen molar-refractivity contribution in [2.24, 2.45) is 5.92 Å². The molecule has 1 amide bonds. The lowest BCUT2D eigenvalue weighted by Crippen LogP contribution is -2.39. The third kappa shape index (κ3) is 4.07. The predicted molar refractivity (Wildman–Crippen MR) is 79.5 cm³/mol. The number of carbonyl (C=O) groups excluding carboxylic acids is 1. The lowest BCUT2D eigenvalue weighted by molar-refractivity contribution is 0.0698. The molecule has 1 aliphatic heterocycles. The molecule has 1 aromatic carbocycles. The van der Waals surface area contributed by atoms with Crippen LogP contribution in [0.1, 0.15) is 28.8 Å². The van der Waals surface area contributed by atoms with E-state index in [1.165, 1.54) is 6.26 Å². The monoisotopic (exact) mass is 295 g/mol. The summed E-state index contributed by atoms with van der Waals surface area (Å²) in [6.07, 6.45) is 2.81. The molecule has 0 bridgehead atoms. The first-order valence-electron chi connectivity index (χ1n) is 6.89. The van der Waals surface area contributed by atoms with Crippen LogP contribution in [-0.4, -0.2) is 44.3 Å². The predicted octanol–water partition coefficient (Wildman–Crippen LogP) is 1.89. The molecule has 20 heavy (non-hydrogen) atoms. The average Bonchev–Trinajstić information content (AvgIpc) is 2.38. The summed E-state index contributed by atoms with van der Waals surface area (Å²) in [7, 11) is -2.92.